The van der Waals surface area contributed by atoms with Crippen LogP contribution in [0.4, 0.5) is 0 Å². The average molecular weight is 287 g/mol. The first kappa shape index (κ1) is 15.6. The molecule has 0 radical (unpaired) electrons. The molecule has 6 heteroatoms. The summed E-state index contributed by atoms with van der Waals surface area (Å²) in [6.07, 6.45) is -2.47. The normalized spacial score (nSPS) is 13.8. The summed E-state index contributed by atoms with van der Waals surface area (Å²) in [5, 5.41) is 27.6. The summed E-state index contributed by atoms with van der Waals surface area (Å²) in [4.78, 5) is 22.0. The van der Waals surface area contributed by atoms with Crippen molar-refractivity contribution < 1.29 is 24.9 Å². The predicted molar refractivity (Wildman–Crippen MR) is 69.3 cm³/mol. The number of ketones is 1. The molecule has 19 heavy (non-hydrogen) atoms. The maximum Gasteiger partial charge on any atom is 0.303 e. The third kappa shape index (κ3) is 4.63. The maximum atomic E-state index is 11.6. The molecule has 0 saturated carbocycles. The molecule has 0 heterocycles. The van der Waals surface area contributed by atoms with Gasteiger partial charge in [-0.3, -0.25) is 9.59 Å². The van der Waals surface area contributed by atoms with Gasteiger partial charge < -0.3 is 15.3 Å². The molecule has 1 rings (SSSR count). The van der Waals surface area contributed by atoms with Gasteiger partial charge >= 0.3 is 5.97 Å². The van der Waals surface area contributed by atoms with Crippen molar-refractivity contribution in [1.29, 1.82) is 0 Å². The van der Waals surface area contributed by atoms with E-state index in [-0.39, 0.29) is 24.5 Å². The molecule has 3 N–H and O–H groups in total. The van der Waals surface area contributed by atoms with Gasteiger partial charge in [-0.05, 0) is 5.56 Å². The van der Waals surface area contributed by atoms with Crippen LogP contribution in [0.25, 0.3) is 0 Å². The van der Waals surface area contributed by atoms with Crippen molar-refractivity contribution in [2.75, 3.05) is 5.88 Å². The first-order chi connectivity index (χ1) is 8.95. The number of Topliss-reactive ketones (excluding diaryl/α,β-unsaturated/α-hetero) is 1. The fraction of sp³-hybridized carbons (Fsp3) is 0.385. The predicted octanol–water partition coefficient (Wildman–Crippen LogP) is 1.37. The van der Waals surface area contributed by atoms with E-state index in [1.165, 1.54) is 24.3 Å². The van der Waals surface area contributed by atoms with E-state index in [2.05, 4.69) is 0 Å². The van der Waals surface area contributed by atoms with Crippen LogP contribution >= 0.6 is 11.6 Å². The molecule has 0 saturated heterocycles. The third-order valence-electron chi connectivity index (χ3n) is 2.66. The minimum absolute atomic E-state index is 0.0679. The summed E-state index contributed by atoms with van der Waals surface area (Å²) in [6.45, 7) is 0. The SMILES string of the molecule is O=C(O)CCC(=O)c1ccc(C(O)C(O)CCl)cc1. The Bertz CT molecular complexity index is 443. The molecule has 0 aromatic heterocycles. The quantitative estimate of drug-likeness (QED) is 0.520. The van der Waals surface area contributed by atoms with Crippen LogP contribution in [-0.4, -0.2) is 39.1 Å². The Hall–Kier alpha value is -1.43. The molecule has 2 atom stereocenters. The van der Waals surface area contributed by atoms with Gasteiger partial charge in [0.05, 0.1) is 18.4 Å². The van der Waals surface area contributed by atoms with Crippen molar-refractivity contribution in [3.8, 4) is 0 Å². The number of benzene rings is 1. The molecule has 5 nitrogen and oxygen atoms in total. The largest absolute Gasteiger partial charge is 0.481 e. The summed E-state index contributed by atoms with van der Waals surface area (Å²) in [7, 11) is 0. The zero-order valence-corrected chi connectivity index (χ0v) is 10.9. The van der Waals surface area contributed by atoms with Crippen LogP contribution < -0.4 is 0 Å². The summed E-state index contributed by atoms with van der Waals surface area (Å²) >= 11 is 5.43. The van der Waals surface area contributed by atoms with Gasteiger partial charge in [0.25, 0.3) is 0 Å². The van der Waals surface area contributed by atoms with E-state index >= 15 is 0 Å². The number of carbonyl (C=O) groups is 2. The van der Waals surface area contributed by atoms with Crippen LogP contribution in [0.5, 0.6) is 0 Å². The topological polar surface area (TPSA) is 94.8 Å². The standard InChI is InChI=1S/C13H15ClO5/c14-7-11(16)13(19)9-3-1-8(2-4-9)10(15)5-6-12(17)18/h1-4,11,13,16,19H,5-7H2,(H,17,18). The van der Waals surface area contributed by atoms with Gasteiger partial charge in [0.1, 0.15) is 6.10 Å². The molecule has 2 unspecified atom stereocenters. The first-order valence-electron chi connectivity index (χ1n) is 5.72. The van der Waals surface area contributed by atoms with Gasteiger partial charge in [-0.1, -0.05) is 24.3 Å². The maximum absolute atomic E-state index is 11.6. The van der Waals surface area contributed by atoms with E-state index in [0.717, 1.165) is 0 Å². The van der Waals surface area contributed by atoms with Crippen LogP contribution in [0.2, 0.25) is 0 Å². The molecule has 0 fully saturated rings. The molecule has 0 amide bonds. The van der Waals surface area contributed by atoms with E-state index in [9.17, 15) is 19.8 Å². The van der Waals surface area contributed by atoms with Crippen molar-refractivity contribution in [1.82, 2.24) is 0 Å². The lowest BCUT2D eigenvalue weighted by molar-refractivity contribution is -0.136. The summed E-state index contributed by atoms with van der Waals surface area (Å²) in [5.41, 5.74) is 0.820. The highest BCUT2D eigenvalue weighted by atomic mass is 35.5. The second-order valence-electron chi connectivity index (χ2n) is 4.11. The Labute approximate surface area is 115 Å². The molecule has 104 valence electrons. The number of carbonyl (C=O) groups excluding carboxylic acids is 1. The number of rotatable bonds is 7. The Morgan fingerprint density at radius 2 is 1.68 bits per heavy atom. The van der Waals surface area contributed by atoms with Crippen molar-refractivity contribution in [2.24, 2.45) is 0 Å². The average Bonchev–Trinajstić information content (AvgIpc) is 2.43. The van der Waals surface area contributed by atoms with Crippen LogP contribution in [0.1, 0.15) is 34.9 Å². The smallest absolute Gasteiger partial charge is 0.303 e. The van der Waals surface area contributed by atoms with E-state index in [0.29, 0.717) is 11.1 Å². The van der Waals surface area contributed by atoms with Gasteiger partial charge in [-0.15, -0.1) is 11.6 Å². The van der Waals surface area contributed by atoms with E-state index in [4.69, 9.17) is 16.7 Å². The lowest BCUT2D eigenvalue weighted by Crippen LogP contribution is -2.19. The number of alkyl halides is 1. The number of aliphatic hydroxyl groups excluding tert-OH is 2. The fourth-order valence-electron chi connectivity index (χ4n) is 1.54. The van der Waals surface area contributed by atoms with Crippen molar-refractivity contribution >= 4 is 23.4 Å². The van der Waals surface area contributed by atoms with E-state index < -0.39 is 18.2 Å². The Kier molecular flexibility index (Phi) is 5.95. The van der Waals surface area contributed by atoms with Crippen LogP contribution in [0.15, 0.2) is 24.3 Å². The molecular formula is C13H15ClO5. The van der Waals surface area contributed by atoms with Crippen molar-refractivity contribution in [3.05, 3.63) is 35.4 Å². The molecule has 0 spiro atoms. The number of aliphatic hydroxyl groups is 2. The summed E-state index contributed by atoms with van der Waals surface area (Å²) < 4.78 is 0. The van der Waals surface area contributed by atoms with Crippen molar-refractivity contribution in [2.45, 2.75) is 25.0 Å². The van der Waals surface area contributed by atoms with Gasteiger partial charge in [-0.2, -0.15) is 0 Å². The number of hydrogen-bond donors (Lipinski definition) is 3. The monoisotopic (exact) mass is 286 g/mol. The molecule has 1 aromatic rings. The van der Waals surface area contributed by atoms with E-state index in [1.807, 2.05) is 0 Å². The highest BCUT2D eigenvalue weighted by Gasteiger charge is 2.17. The molecule has 0 aliphatic heterocycles. The zero-order valence-electron chi connectivity index (χ0n) is 10.1. The van der Waals surface area contributed by atoms with Gasteiger partial charge in [0.15, 0.2) is 5.78 Å². The molecule has 0 aliphatic rings. The molecule has 1 aromatic carbocycles. The second kappa shape index (κ2) is 7.23. The molecule has 0 bridgehead atoms. The van der Waals surface area contributed by atoms with Gasteiger partial charge in [0.2, 0.25) is 0 Å². The van der Waals surface area contributed by atoms with Crippen molar-refractivity contribution in [3.63, 3.8) is 0 Å². The number of halogens is 1. The minimum Gasteiger partial charge on any atom is -0.481 e. The highest BCUT2D eigenvalue weighted by Crippen LogP contribution is 2.19. The summed E-state index contributed by atoms with van der Waals surface area (Å²) in [5.74, 6) is -1.40. The molecular weight excluding hydrogens is 272 g/mol. The second-order valence-corrected chi connectivity index (χ2v) is 4.41. The van der Waals surface area contributed by atoms with Gasteiger partial charge in [0, 0.05) is 12.0 Å². The number of carboxylic acid groups (broad SMARTS) is 1. The Morgan fingerprint density at radius 1 is 1.11 bits per heavy atom. The number of aliphatic carboxylic acids is 1. The first-order valence-corrected chi connectivity index (χ1v) is 6.26. The highest BCUT2D eigenvalue weighted by molar-refractivity contribution is 6.18. The van der Waals surface area contributed by atoms with Crippen LogP contribution in [0.3, 0.4) is 0 Å². The third-order valence-corrected chi connectivity index (χ3v) is 2.98. The Morgan fingerprint density at radius 3 is 2.16 bits per heavy atom. The molecule has 0 aliphatic carbocycles. The van der Waals surface area contributed by atoms with E-state index in [1.54, 1.807) is 0 Å². The zero-order chi connectivity index (χ0) is 14.4. The minimum atomic E-state index is -1.11. The summed E-state index contributed by atoms with van der Waals surface area (Å²) in [6, 6.07) is 6.00. The van der Waals surface area contributed by atoms with Crippen LogP contribution in [0, 0.1) is 0 Å². The van der Waals surface area contributed by atoms with Crippen LogP contribution in [-0.2, 0) is 4.79 Å². The van der Waals surface area contributed by atoms with Gasteiger partial charge in [-0.25, -0.2) is 0 Å². The number of carboxylic acids is 1. The lowest BCUT2D eigenvalue weighted by atomic mass is 10.0. The lowest BCUT2D eigenvalue weighted by Gasteiger charge is -2.15. The number of hydrogen-bond acceptors (Lipinski definition) is 4. The Balaban J connectivity index is 2.70. The fourth-order valence-corrected chi connectivity index (χ4v) is 1.71.